The van der Waals surface area contributed by atoms with E-state index in [2.05, 4.69) is 23.8 Å². The first-order valence-corrected chi connectivity index (χ1v) is 11.8. The molecule has 4 aromatic carbocycles. The van der Waals surface area contributed by atoms with Crippen molar-refractivity contribution in [1.82, 2.24) is 0 Å². The second kappa shape index (κ2) is 9.95. The van der Waals surface area contributed by atoms with Crippen molar-refractivity contribution in [3.05, 3.63) is 143 Å². The number of anilines is 2. The number of amides is 2. The Kier molecular flexibility index (Phi) is 6.37. The molecule has 6 nitrogen and oxygen atoms in total. The number of benzene rings is 4. The summed E-state index contributed by atoms with van der Waals surface area (Å²) in [4.78, 5) is 53.3. The Morgan fingerprint density at radius 2 is 0.921 bits per heavy atom. The molecule has 0 bridgehead atoms. The van der Waals surface area contributed by atoms with Crippen molar-refractivity contribution in [1.29, 1.82) is 0 Å². The van der Waals surface area contributed by atoms with Gasteiger partial charge in [-0.3, -0.25) is 19.2 Å². The Morgan fingerprint density at radius 1 is 0.553 bits per heavy atom. The van der Waals surface area contributed by atoms with Gasteiger partial charge in [-0.2, -0.15) is 0 Å². The molecule has 4 aromatic rings. The van der Waals surface area contributed by atoms with Crippen LogP contribution >= 0.6 is 0 Å². The first-order valence-electron chi connectivity index (χ1n) is 11.8. The summed E-state index contributed by atoms with van der Waals surface area (Å²) in [6.45, 7) is 7.41. The summed E-state index contributed by atoms with van der Waals surface area (Å²) in [5.74, 6) is -1.72. The monoisotopic (exact) mass is 498 g/mol. The average Bonchev–Trinajstić information content (AvgIpc) is 2.96. The topological polar surface area (TPSA) is 92.3 Å². The zero-order valence-electron chi connectivity index (χ0n) is 20.3. The molecule has 5 rings (SSSR count). The van der Waals surface area contributed by atoms with Gasteiger partial charge >= 0.3 is 0 Å². The molecule has 0 spiro atoms. The molecule has 0 aliphatic heterocycles. The number of hydrogen-bond acceptors (Lipinski definition) is 4. The van der Waals surface area contributed by atoms with Gasteiger partial charge in [0.2, 0.25) is 0 Å². The largest absolute Gasteiger partial charge is 0.321 e. The van der Waals surface area contributed by atoms with Crippen molar-refractivity contribution < 1.29 is 19.2 Å². The maximum atomic E-state index is 13.6. The van der Waals surface area contributed by atoms with Crippen LogP contribution in [0.5, 0.6) is 0 Å². The standard InChI is InChI=1S/C32H22N2O4/c1-3-19-9-13-21(14-10-19)31(37)33-25-17-18-26(34-32(38)22-15-11-20(4-2)12-16-22)28-27(25)29(35)23-7-5-6-8-24(23)30(28)36/h3-18H,1-2H2,(H,33,37)(H,34,38). The third-order valence-corrected chi connectivity index (χ3v) is 6.39. The highest BCUT2D eigenvalue weighted by Crippen LogP contribution is 2.37. The van der Waals surface area contributed by atoms with E-state index in [0.717, 1.165) is 11.1 Å². The minimum Gasteiger partial charge on any atom is -0.321 e. The minimum atomic E-state index is -0.444. The molecule has 0 unspecified atom stereocenters. The van der Waals surface area contributed by atoms with Crippen LogP contribution in [0.15, 0.2) is 98.1 Å². The third-order valence-electron chi connectivity index (χ3n) is 6.39. The lowest BCUT2D eigenvalue weighted by Gasteiger charge is -2.23. The highest BCUT2D eigenvalue weighted by atomic mass is 16.2. The van der Waals surface area contributed by atoms with E-state index in [4.69, 9.17) is 0 Å². The van der Waals surface area contributed by atoms with E-state index in [1.807, 2.05) is 0 Å². The van der Waals surface area contributed by atoms with Gasteiger partial charge < -0.3 is 10.6 Å². The summed E-state index contributed by atoms with van der Waals surface area (Å²) in [7, 11) is 0. The molecule has 0 heterocycles. The fraction of sp³-hybridized carbons (Fsp3) is 0. The van der Waals surface area contributed by atoms with Gasteiger partial charge in [-0.15, -0.1) is 0 Å². The molecule has 0 saturated carbocycles. The molecule has 2 amide bonds. The molecule has 0 radical (unpaired) electrons. The Labute approximate surface area is 219 Å². The van der Waals surface area contributed by atoms with Crippen LogP contribution in [0.4, 0.5) is 11.4 Å². The van der Waals surface area contributed by atoms with Gasteiger partial charge in [-0.25, -0.2) is 0 Å². The van der Waals surface area contributed by atoms with Gasteiger partial charge in [-0.05, 0) is 47.5 Å². The smallest absolute Gasteiger partial charge is 0.255 e. The lowest BCUT2D eigenvalue weighted by atomic mass is 9.82. The second-order valence-corrected chi connectivity index (χ2v) is 8.68. The number of carbonyl (C=O) groups is 4. The fourth-order valence-electron chi connectivity index (χ4n) is 4.36. The summed E-state index contributed by atoms with van der Waals surface area (Å²) in [6.07, 6.45) is 3.33. The lowest BCUT2D eigenvalue weighted by molar-refractivity contribution is 0.0977. The Balaban J connectivity index is 1.56. The molecular formula is C32H22N2O4. The Morgan fingerprint density at radius 3 is 1.26 bits per heavy atom. The third kappa shape index (κ3) is 4.35. The number of hydrogen-bond donors (Lipinski definition) is 2. The van der Waals surface area contributed by atoms with E-state index < -0.39 is 23.4 Å². The van der Waals surface area contributed by atoms with Crippen molar-refractivity contribution in [2.24, 2.45) is 0 Å². The van der Waals surface area contributed by atoms with E-state index in [0.29, 0.717) is 11.1 Å². The molecule has 6 heteroatoms. The van der Waals surface area contributed by atoms with Crippen LogP contribution in [-0.4, -0.2) is 23.4 Å². The van der Waals surface area contributed by atoms with Crippen molar-refractivity contribution in [2.75, 3.05) is 10.6 Å². The molecule has 1 aliphatic carbocycles. The number of nitrogens with one attached hydrogen (secondary N) is 2. The molecule has 184 valence electrons. The normalized spacial score (nSPS) is 11.7. The Bertz CT molecular complexity index is 1520. The molecule has 38 heavy (non-hydrogen) atoms. The SMILES string of the molecule is C=Cc1ccc(C(=O)Nc2ccc(NC(=O)c3ccc(C=C)cc3)c3c2C(=O)c2ccccc2C3=O)cc1. The van der Waals surface area contributed by atoms with Gasteiger partial charge in [0.25, 0.3) is 11.8 Å². The van der Waals surface area contributed by atoms with Crippen molar-refractivity contribution in [3.63, 3.8) is 0 Å². The van der Waals surface area contributed by atoms with Crippen LogP contribution in [0.3, 0.4) is 0 Å². The molecular weight excluding hydrogens is 476 g/mol. The van der Waals surface area contributed by atoms with Gasteiger partial charge in [0.15, 0.2) is 11.6 Å². The molecule has 2 N–H and O–H groups in total. The second-order valence-electron chi connectivity index (χ2n) is 8.68. The van der Waals surface area contributed by atoms with Crippen LogP contribution in [0.1, 0.15) is 63.7 Å². The quantitative estimate of drug-likeness (QED) is 0.289. The molecule has 0 atom stereocenters. The Hall–Kier alpha value is -5.36. The highest BCUT2D eigenvalue weighted by molar-refractivity contribution is 6.33. The van der Waals surface area contributed by atoms with Crippen molar-refractivity contribution in [3.8, 4) is 0 Å². The summed E-state index contributed by atoms with van der Waals surface area (Å²) in [5, 5.41) is 5.54. The van der Waals surface area contributed by atoms with Crippen molar-refractivity contribution >= 4 is 46.9 Å². The van der Waals surface area contributed by atoms with Gasteiger partial charge in [0.1, 0.15) is 0 Å². The number of rotatable bonds is 6. The predicted molar refractivity (Wildman–Crippen MR) is 149 cm³/mol. The van der Waals surface area contributed by atoms with Gasteiger partial charge in [0.05, 0.1) is 22.5 Å². The van der Waals surface area contributed by atoms with Crippen molar-refractivity contribution in [2.45, 2.75) is 0 Å². The zero-order valence-corrected chi connectivity index (χ0v) is 20.3. The average molecular weight is 499 g/mol. The summed E-state index contributed by atoms with van der Waals surface area (Å²) < 4.78 is 0. The molecule has 0 saturated heterocycles. The lowest BCUT2D eigenvalue weighted by Crippen LogP contribution is -2.26. The van der Waals surface area contributed by atoms with E-state index in [1.165, 1.54) is 12.1 Å². The predicted octanol–water partition coefficient (Wildman–Crippen LogP) is 6.25. The van der Waals surface area contributed by atoms with Gasteiger partial charge in [-0.1, -0.05) is 73.8 Å². The van der Waals surface area contributed by atoms with Gasteiger partial charge in [0, 0.05) is 22.3 Å². The molecule has 1 aliphatic rings. The number of carbonyl (C=O) groups excluding carboxylic acids is 4. The van der Waals surface area contributed by atoms with Crippen LogP contribution in [0, 0.1) is 0 Å². The summed E-state index contributed by atoms with van der Waals surface area (Å²) in [6, 6.07) is 23.1. The van der Waals surface area contributed by atoms with E-state index in [9.17, 15) is 19.2 Å². The van der Waals surface area contributed by atoms with Crippen LogP contribution in [0.2, 0.25) is 0 Å². The fourth-order valence-corrected chi connectivity index (χ4v) is 4.36. The minimum absolute atomic E-state index is 0.0320. The van der Waals surface area contributed by atoms with E-state index in [1.54, 1.807) is 84.9 Å². The summed E-state index contributed by atoms with van der Waals surface area (Å²) >= 11 is 0. The van der Waals surface area contributed by atoms with Crippen LogP contribution in [0.25, 0.3) is 12.2 Å². The number of ketones is 2. The summed E-state index contributed by atoms with van der Waals surface area (Å²) in [5.41, 5.74) is 3.36. The highest BCUT2D eigenvalue weighted by Gasteiger charge is 2.34. The maximum absolute atomic E-state index is 13.6. The maximum Gasteiger partial charge on any atom is 0.255 e. The van der Waals surface area contributed by atoms with Crippen LogP contribution in [-0.2, 0) is 0 Å². The van der Waals surface area contributed by atoms with Crippen LogP contribution < -0.4 is 10.6 Å². The molecule has 0 aromatic heterocycles. The molecule has 0 fully saturated rings. The van der Waals surface area contributed by atoms with E-state index >= 15 is 0 Å². The first-order chi connectivity index (χ1) is 18.4. The van der Waals surface area contributed by atoms with E-state index in [-0.39, 0.29) is 33.6 Å². The first kappa shape index (κ1) is 24.3. The number of fused-ring (bicyclic) bond motifs is 2. The zero-order chi connectivity index (χ0) is 26.8.